The van der Waals surface area contributed by atoms with Crippen LogP contribution in [0.25, 0.3) is 99.5 Å². The highest BCUT2D eigenvalue weighted by atomic mass is 16.3. The molecule has 0 amide bonds. The van der Waals surface area contributed by atoms with Gasteiger partial charge in [-0.1, -0.05) is 182 Å². The average molecular weight is 806 g/mol. The highest BCUT2D eigenvalue weighted by Gasteiger charge is 2.27. The summed E-state index contributed by atoms with van der Waals surface area (Å²) < 4.78 is 13.9. The van der Waals surface area contributed by atoms with Crippen LogP contribution in [-0.2, 0) is 0 Å². The third-order valence-corrected chi connectivity index (χ3v) is 12.3. The first kappa shape index (κ1) is 36.5. The quantitative estimate of drug-likeness (QED) is 0.153. The minimum absolute atomic E-state index is 0.817. The fourth-order valence-electron chi connectivity index (χ4n) is 9.29. The SMILES string of the molecule is c1ccc(-c2ccc3c(c2)oc2cc(N(c4c(-c5ccccc5)cccc4-c4ccccc4)c4ccc(-c5ccccc5)c5oc6cc(-c7ccccc7)ccc6c45)ccc23)cc1. The molecular weight excluding hydrogens is 767 g/mol. The van der Waals surface area contributed by atoms with E-state index in [0.717, 1.165) is 117 Å². The van der Waals surface area contributed by atoms with Crippen LogP contribution in [0.2, 0.25) is 0 Å². The zero-order valence-corrected chi connectivity index (χ0v) is 34.3. The van der Waals surface area contributed by atoms with Crippen LogP contribution >= 0.6 is 0 Å². The molecule has 12 aromatic rings. The number of hydrogen-bond donors (Lipinski definition) is 0. The molecule has 0 radical (unpaired) electrons. The number of furan rings is 2. The normalized spacial score (nSPS) is 11.5. The highest BCUT2D eigenvalue weighted by molar-refractivity contribution is 6.19. The zero-order chi connectivity index (χ0) is 41.7. The number of hydrogen-bond acceptors (Lipinski definition) is 3. The van der Waals surface area contributed by atoms with Crippen molar-refractivity contribution in [1.29, 1.82) is 0 Å². The van der Waals surface area contributed by atoms with E-state index in [-0.39, 0.29) is 0 Å². The third kappa shape index (κ3) is 6.38. The Morgan fingerprint density at radius 2 is 0.730 bits per heavy atom. The van der Waals surface area contributed by atoms with E-state index >= 15 is 0 Å². The van der Waals surface area contributed by atoms with E-state index in [0.29, 0.717) is 0 Å². The maximum atomic E-state index is 7.11. The van der Waals surface area contributed by atoms with Gasteiger partial charge in [-0.05, 0) is 87.5 Å². The summed E-state index contributed by atoms with van der Waals surface area (Å²) in [5, 5.41) is 4.23. The van der Waals surface area contributed by atoms with Gasteiger partial charge in [0.2, 0.25) is 0 Å². The van der Waals surface area contributed by atoms with Crippen molar-refractivity contribution < 1.29 is 8.83 Å². The monoisotopic (exact) mass is 805 g/mol. The Morgan fingerprint density at radius 1 is 0.286 bits per heavy atom. The predicted molar refractivity (Wildman–Crippen MR) is 263 cm³/mol. The van der Waals surface area contributed by atoms with Crippen molar-refractivity contribution in [3.63, 3.8) is 0 Å². The van der Waals surface area contributed by atoms with Crippen molar-refractivity contribution in [1.82, 2.24) is 0 Å². The molecule has 0 N–H and O–H groups in total. The second-order valence-electron chi connectivity index (χ2n) is 16.0. The molecule has 2 heterocycles. The number of benzene rings is 10. The summed E-state index contributed by atoms with van der Waals surface area (Å²) in [5.41, 5.74) is 17.5. The molecule has 0 atom stereocenters. The molecule has 0 unspecified atom stereocenters. The Balaban J connectivity index is 1.17. The lowest BCUT2D eigenvalue weighted by molar-refractivity contribution is 0.669. The Bertz CT molecular complexity index is 3540. The number of nitrogens with zero attached hydrogens (tertiary/aromatic N) is 1. The average Bonchev–Trinajstić information content (AvgIpc) is 3.93. The second kappa shape index (κ2) is 15.3. The molecule has 3 heteroatoms. The van der Waals surface area contributed by atoms with Crippen molar-refractivity contribution in [3.05, 3.63) is 237 Å². The summed E-state index contributed by atoms with van der Waals surface area (Å²) >= 11 is 0. The van der Waals surface area contributed by atoms with Crippen LogP contribution in [0.1, 0.15) is 0 Å². The van der Waals surface area contributed by atoms with Gasteiger partial charge in [-0.15, -0.1) is 0 Å². The minimum Gasteiger partial charge on any atom is -0.456 e. The van der Waals surface area contributed by atoms with Gasteiger partial charge in [0.25, 0.3) is 0 Å². The van der Waals surface area contributed by atoms with Gasteiger partial charge in [0.05, 0.1) is 16.8 Å². The molecule has 0 aliphatic carbocycles. The molecule has 0 bridgehead atoms. The minimum atomic E-state index is 0.817. The van der Waals surface area contributed by atoms with Gasteiger partial charge in [-0.2, -0.15) is 0 Å². The van der Waals surface area contributed by atoms with Crippen LogP contribution in [0.15, 0.2) is 245 Å². The lowest BCUT2D eigenvalue weighted by Gasteiger charge is -2.31. The van der Waals surface area contributed by atoms with E-state index < -0.39 is 0 Å². The predicted octanol–water partition coefficient (Wildman–Crippen LogP) is 17.3. The molecule has 2 aromatic heterocycles. The topological polar surface area (TPSA) is 29.5 Å². The molecular formula is C60H39NO2. The van der Waals surface area contributed by atoms with Gasteiger partial charge in [0.1, 0.15) is 22.3 Å². The third-order valence-electron chi connectivity index (χ3n) is 12.3. The summed E-state index contributed by atoms with van der Waals surface area (Å²) in [5.74, 6) is 0. The van der Waals surface area contributed by atoms with Gasteiger partial charge in [0.15, 0.2) is 0 Å². The molecule has 296 valence electrons. The van der Waals surface area contributed by atoms with E-state index in [2.05, 4.69) is 235 Å². The van der Waals surface area contributed by atoms with Crippen molar-refractivity contribution >= 4 is 60.9 Å². The maximum absolute atomic E-state index is 7.11. The van der Waals surface area contributed by atoms with Gasteiger partial charge >= 0.3 is 0 Å². The van der Waals surface area contributed by atoms with Crippen LogP contribution in [0, 0.1) is 0 Å². The molecule has 10 aromatic carbocycles. The summed E-state index contributed by atoms with van der Waals surface area (Å²) in [6.07, 6.45) is 0. The lowest BCUT2D eigenvalue weighted by Crippen LogP contribution is -2.13. The molecule has 0 spiro atoms. The van der Waals surface area contributed by atoms with Crippen molar-refractivity contribution in [2.45, 2.75) is 0 Å². The van der Waals surface area contributed by atoms with E-state index in [1.165, 1.54) is 0 Å². The van der Waals surface area contributed by atoms with E-state index in [9.17, 15) is 0 Å². The first-order chi connectivity index (χ1) is 31.2. The fourth-order valence-corrected chi connectivity index (χ4v) is 9.29. The summed E-state index contributed by atoms with van der Waals surface area (Å²) in [6.45, 7) is 0. The summed E-state index contributed by atoms with van der Waals surface area (Å²) in [4.78, 5) is 2.43. The van der Waals surface area contributed by atoms with Crippen molar-refractivity contribution in [2.75, 3.05) is 4.90 Å². The molecule has 0 saturated carbocycles. The first-order valence-electron chi connectivity index (χ1n) is 21.4. The second-order valence-corrected chi connectivity index (χ2v) is 16.0. The molecule has 12 rings (SSSR count). The van der Waals surface area contributed by atoms with Crippen LogP contribution in [0.4, 0.5) is 17.1 Å². The van der Waals surface area contributed by atoms with Crippen molar-refractivity contribution in [3.8, 4) is 55.6 Å². The summed E-state index contributed by atoms with van der Waals surface area (Å²) in [6, 6.07) is 83.9. The summed E-state index contributed by atoms with van der Waals surface area (Å²) in [7, 11) is 0. The number of fused-ring (bicyclic) bond motifs is 6. The standard InChI is InChI=1S/C60H39NO2/c1-6-17-40(18-7-1)45-29-32-51-52-34-31-47(39-57(52)62-55(51)37-45)61(59-48(42-21-10-3-11-22-42)27-16-28-49(59)43-23-12-4-13-24-43)54-36-35-50(44-25-14-5-15-26-44)60-58(54)53-33-30-46(38-56(53)63-60)41-19-8-2-9-20-41/h1-39H. The molecule has 3 nitrogen and oxygen atoms in total. The lowest BCUT2D eigenvalue weighted by atomic mass is 9.93. The number of anilines is 3. The maximum Gasteiger partial charge on any atom is 0.145 e. The van der Waals surface area contributed by atoms with E-state index in [1.54, 1.807) is 0 Å². The van der Waals surface area contributed by atoms with Crippen LogP contribution in [0.3, 0.4) is 0 Å². The highest BCUT2D eigenvalue weighted by Crippen LogP contribution is 2.52. The smallest absolute Gasteiger partial charge is 0.145 e. The Kier molecular flexibility index (Phi) is 8.83. The molecule has 0 saturated heterocycles. The van der Waals surface area contributed by atoms with Gasteiger partial charge in [-0.3, -0.25) is 0 Å². The first-order valence-corrected chi connectivity index (χ1v) is 21.4. The van der Waals surface area contributed by atoms with Crippen LogP contribution in [0.5, 0.6) is 0 Å². The van der Waals surface area contributed by atoms with Gasteiger partial charge in [-0.25, -0.2) is 0 Å². The molecule has 0 aliphatic rings. The van der Waals surface area contributed by atoms with Crippen LogP contribution < -0.4 is 4.90 Å². The Morgan fingerprint density at radius 3 is 1.27 bits per heavy atom. The molecule has 63 heavy (non-hydrogen) atoms. The Labute approximate surface area is 365 Å². The fraction of sp³-hybridized carbons (Fsp3) is 0. The molecule has 0 fully saturated rings. The van der Waals surface area contributed by atoms with Crippen molar-refractivity contribution in [2.24, 2.45) is 0 Å². The molecule has 0 aliphatic heterocycles. The number of rotatable bonds is 8. The largest absolute Gasteiger partial charge is 0.456 e. The number of para-hydroxylation sites is 1. The van der Waals surface area contributed by atoms with Gasteiger partial charge < -0.3 is 13.7 Å². The zero-order valence-electron chi connectivity index (χ0n) is 34.3. The van der Waals surface area contributed by atoms with E-state index in [1.807, 2.05) is 6.07 Å². The van der Waals surface area contributed by atoms with E-state index in [4.69, 9.17) is 8.83 Å². The van der Waals surface area contributed by atoms with Crippen LogP contribution in [-0.4, -0.2) is 0 Å². The van der Waals surface area contributed by atoms with Gasteiger partial charge in [0, 0.05) is 44.6 Å². The Hall–Kier alpha value is -8.40.